The first-order valence-electron chi connectivity index (χ1n) is 10.8. The van der Waals surface area contributed by atoms with Crippen molar-refractivity contribution in [2.24, 2.45) is 17.8 Å². The van der Waals surface area contributed by atoms with Crippen molar-refractivity contribution in [3.8, 4) is 0 Å². The molecular weight excluding hydrogens is 348 g/mol. The van der Waals surface area contributed by atoms with Crippen LogP contribution in [0.25, 0.3) is 0 Å². The Bertz CT molecular complexity index is 412. The second-order valence-electron chi connectivity index (χ2n) is 8.87. The number of likely N-dealkylation sites (tertiary alicyclic amines) is 1. The van der Waals surface area contributed by atoms with Gasteiger partial charge in [-0.25, -0.2) is 0 Å². The van der Waals surface area contributed by atoms with Crippen molar-refractivity contribution in [2.75, 3.05) is 26.2 Å². The fraction of sp³-hybridized carbons (Fsp3) is 0.952. The van der Waals surface area contributed by atoms with Gasteiger partial charge in [0, 0.05) is 19.5 Å². The van der Waals surface area contributed by atoms with Crippen molar-refractivity contribution in [1.29, 1.82) is 0 Å². The molecule has 0 aromatic heterocycles. The van der Waals surface area contributed by atoms with Crippen LogP contribution in [0.4, 0.5) is 0 Å². The molecule has 3 fully saturated rings. The van der Waals surface area contributed by atoms with Gasteiger partial charge in [-0.1, -0.05) is 13.8 Å². The molecule has 4 nitrogen and oxygen atoms in total. The number of piperidine rings is 2. The third kappa shape index (κ3) is 6.38. The van der Waals surface area contributed by atoms with E-state index < -0.39 is 0 Å². The molecule has 26 heavy (non-hydrogen) atoms. The van der Waals surface area contributed by atoms with E-state index >= 15 is 0 Å². The van der Waals surface area contributed by atoms with Crippen LogP contribution in [-0.4, -0.2) is 49.2 Å². The van der Waals surface area contributed by atoms with E-state index in [9.17, 15) is 4.79 Å². The topological polar surface area (TPSA) is 41.6 Å². The molecule has 1 atom stereocenters. The Labute approximate surface area is 166 Å². The van der Waals surface area contributed by atoms with Crippen LogP contribution in [0.15, 0.2) is 0 Å². The smallest absolute Gasteiger partial charge is 0.222 e. The molecule has 152 valence electrons. The van der Waals surface area contributed by atoms with Crippen molar-refractivity contribution >= 4 is 18.3 Å². The Balaban J connectivity index is 0.00000243. The third-order valence-corrected chi connectivity index (χ3v) is 6.83. The summed E-state index contributed by atoms with van der Waals surface area (Å²) in [6.07, 6.45) is 11.2. The highest BCUT2D eigenvalue weighted by atomic mass is 35.5. The summed E-state index contributed by atoms with van der Waals surface area (Å²) >= 11 is 0. The Kier molecular flexibility index (Phi) is 9.19. The van der Waals surface area contributed by atoms with Crippen molar-refractivity contribution < 1.29 is 9.53 Å². The molecule has 1 unspecified atom stereocenters. The van der Waals surface area contributed by atoms with Gasteiger partial charge in [-0.05, 0) is 82.2 Å². The minimum absolute atomic E-state index is 0. The van der Waals surface area contributed by atoms with E-state index in [0.29, 0.717) is 24.0 Å². The van der Waals surface area contributed by atoms with Gasteiger partial charge in [0.25, 0.3) is 0 Å². The summed E-state index contributed by atoms with van der Waals surface area (Å²) in [5, 5.41) is 3.42. The molecule has 1 N–H and O–H groups in total. The summed E-state index contributed by atoms with van der Waals surface area (Å²) in [6, 6.07) is 0. The Morgan fingerprint density at radius 2 is 1.58 bits per heavy atom. The number of carbonyl (C=O) groups is 1. The molecular formula is C21H39ClN2O2. The fourth-order valence-electron chi connectivity index (χ4n) is 4.86. The molecule has 0 bridgehead atoms. The monoisotopic (exact) mass is 386 g/mol. The predicted molar refractivity (Wildman–Crippen MR) is 109 cm³/mol. The van der Waals surface area contributed by atoms with Crippen LogP contribution in [0.1, 0.15) is 71.6 Å². The maximum atomic E-state index is 12.7. The number of hydrogen-bond acceptors (Lipinski definition) is 3. The normalized spacial score (nSPS) is 29.8. The summed E-state index contributed by atoms with van der Waals surface area (Å²) in [4.78, 5) is 14.8. The number of nitrogens with zero attached hydrogens (tertiary/aromatic N) is 1. The lowest BCUT2D eigenvalue weighted by Crippen LogP contribution is -2.43. The Hall–Kier alpha value is -0.320. The van der Waals surface area contributed by atoms with E-state index in [1.54, 1.807) is 0 Å². The van der Waals surface area contributed by atoms with Gasteiger partial charge < -0.3 is 15.0 Å². The number of ether oxygens (including phenoxy) is 1. The zero-order chi connectivity index (χ0) is 17.6. The van der Waals surface area contributed by atoms with Gasteiger partial charge in [0.05, 0.1) is 12.2 Å². The number of carbonyl (C=O) groups excluding carboxylic acids is 1. The fourth-order valence-corrected chi connectivity index (χ4v) is 4.86. The van der Waals surface area contributed by atoms with Crippen molar-refractivity contribution in [3.05, 3.63) is 0 Å². The van der Waals surface area contributed by atoms with E-state index in [1.165, 1.54) is 38.5 Å². The average Bonchev–Trinajstić information content (AvgIpc) is 2.65. The van der Waals surface area contributed by atoms with Crippen LogP contribution < -0.4 is 5.32 Å². The molecule has 5 heteroatoms. The van der Waals surface area contributed by atoms with E-state index in [-0.39, 0.29) is 12.4 Å². The van der Waals surface area contributed by atoms with E-state index in [1.807, 2.05) is 0 Å². The summed E-state index contributed by atoms with van der Waals surface area (Å²) in [5.41, 5.74) is 0. The SMILES string of the molecule is CC1CCC(OC2CCN(C(=O)CC(C)C3CCNCC3)CC2)CC1.Cl. The highest BCUT2D eigenvalue weighted by molar-refractivity contribution is 5.85. The summed E-state index contributed by atoms with van der Waals surface area (Å²) in [5.74, 6) is 2.49. The van der Waals surface area contributed by atoms with Gasteiger partial charge >= 0.3 is 0 Å². The van der Waals surface area contributed by atoms with Gasteiger partial charge in [-0.2, -0.15) is 0 Å². The lowest BCUT2D eigenvalue weighted by Gasteiger charge is -2.36. The van der Waals surface area contributed by atoms with Crippen LogP contribution in [0.2, 0.25) is 0 Å². The van der Waals surface area contributed by atoms with Crippen molar-refractivity contribution in [2.45, 2.75) is 83.8 Å². The summed E-state index contributed by atoms with van der Waals surface area (Å²) < 4.78 is 6.34. The lowest BCUT2D eigenvalue weighted by molar-refractivity contribution is -0.136. The quantitative estimate of drug-likeness (QED) is 0.775. The van der Waals surface area contributed by atoms with Crippen LogP contribution >= 0.6 is 12.4 Å². The third-order valence-electron chi connectivity index (χ3n) is 6.83. The molecule has 2 heterocycles. The molecule has 3 aliphatic rings. The minimum atomic E-state index is 0. The van der Waals surface area contributed by atoms with Crippen LogP contribution in [0.5, 0.6) is 0 Å². The molecule has 0 radical (unpaired) electrons. The van der Waals surface area contributed by atoms with Crippen molar-refractivity contribution in [3.63, 3.8) is 0 Å². The highest BCUT2D eigenvalue weighted by Gasteiger charge is 2.29. The number of nitrogens with one attached hydrogen (secondary N) is 1. The largest absolute Gasteiger partial charge is 0.375 e. The second-order valence-corrected chi connectivity index (χ2v) is 8.87. The number of halogens is 1. The predicted octanol–water partition coefficient (Wildman–Crippen LogP) is 4.02. The van der Waals surface area contributed by atoms with Gasteiger partial charge in [0.2, 0.25) is 5.91 Å². The molecule has 1 aliphatic carbocycles. The first-order chi connectivity index (χ1) is 12.1. The first-order valence-corrected chi connectivity index (χ1v) is 10.8. The molecule has 0 aromatic carbocycles. The number of amides is 1. The van der Waals surface area contributed by atoms with Crippen LogP contribution in [0.3, 0.4) is 0 Å². The number of rotatable bonds is 5. The standard InChI is InChI=1S/C21H38N2O2.ClH/c1-16-3-5-19(6-4-16)25-20-9-13-23(14-10-20)21(24)15-17(2)18-7-11-22-12-8-18;/h16-20,22H,3-15H2,1-2H3;1H. The maximum Gasteiger partial charge on any atom is 0.222 e. The zero-order valence-corrected chi connectivity index (χ0v) is 17.6. The number of hydrogen-bond donors (Lipinski definition) is 1. The Morgan fingerprint density at radius 1 is 1.00 bits per heavy atom. The lowest BCUT2D eigenvalue weighted by atomic mass is 9.84. The van der Waals surface area contributed by atoms with Gasteiger partial charge in [0.15, 0.2) is 0 Å². The molecule has 2 saturated heterocycles. The molecule has 0 aromatic rings. The van der Waals surface area contributed by atoms with E-state index in [4.69, 9.17) is 4.74 Å². The minimum Gasteiger partial charge on any atom is -0.375 e. The summed E-state index contributed by atoms with van der Waals surface area (Å²) in [7, 11) is 0. The second kappa shape index (κ2) is 10.9. The molecule has 1 saturated carbocycles. The van der Waals surface area contributed by atoms with Gasteiger partial charge in [-0.15, -0.1) is 12.4 Å². The highest BCUT2D eigenvalue weighted by Crippen LogP contribution is 2.29. The van der Waals surface area contributed by atoms with E-state index in [0.717, 1.165) is 57.3 Å². The summed E-state index contributed by atoms with van der Waals surface area (Å²) in [6.45, 7) is 8.65. The van der Waals surface area contributed by atoms with Gasteiger partial charge in [0.1, 0.15) is 0 Å². The van der Waals surface area contributed by atoms with Crippen LogP contribution in [0, 0.1) is 17.8 Å². The van der Waals surface area contributed by atoms with Gasteiger partial charge in [-0.3, -0.25) is 4.79 Å². The molecule has 0 spiro atoms. The van der Waals surface area contributed by atoms with E-state index in [2.05, 4.69) is 24.1 Å². The zero-order valence-electron chi connectivity index (χ0n) is 16.8. The van der Waals surface area contributed by atoms with Crippen LogP contribution in [-0.2, 0) is 9.53 Å². The molecule has 3 rings (SSSR count). The molecule has 2 aliphatic heterocycles. The first kappa shape index (κ1) is 22.0. The molecule has 1 amide bonds. The Morgan fingerprint density at radius 3 is 2.19 bits per heavy atom. The van der Waals surface area contributed by atoms with Crippen molar-refractivity contribution in [1.82, 2.24) is 10.2 Å². The maximum absolute atomic E-state index is 12.7. The average molecular weight is 387 g/mol.